The molecule has 184 valence electrons. The van der Waals surface area contributed by atoms with E-state index in [2.05, 4.69) is 0 Å². The predicted octanol–water partition coefficient (Wildman–Crippen LogP) is 5.77. The van der Waals surface area contributed by atoms with E-state index >= 15 is 0 Å². The van der Waals surface area contributed by atoms with Crippen molar-refractivity contribution in [3.05, 3.63) is 132 Å². The summed E-state index contributed by atoms with van der Waals surface area (Å²) in [6.45, 7) is 0. The molecule has 0 aromatic heterocycles. The molecule has 2 atom stereocenters. The number of hydrogen-bond acceptors (Lipinski definition) is 5. The highest BCUT2D eigenvalue weighted by Gasteiger charge is 2.35. The molecular weight excluding hydrogens is 492 g/mol. The van der Waals surface area contributed by atoms with Crippen LogP contribution >= 0.6 is 0 Å². The lowest BCUT2D eigenvalue weighted by molar-refractivity contribution is -0.119. The Bertz CT molecular complexity index is 1390. The van der Waals surface area contributed by atoms with E-state index in [1.165, 1.54) is 24.3 Å². The number of rotatable bonds is 10. The summed E-state index contributed by atoms with van der Waals surface area (Å²) < 4.78 is 54.3. The fraction of sp³-hybridized carbons (Fsp3) is 0.138. The zero-order chi connectivity index (χ0) is 25.6. The maximum Gasteiger partial charge on any atom is 0.185 e. The Kier molecular flexibility index (Phi) is 7.82. The Hall–Kier alpha value is -3.55. The molecule has 0 heterocycles. The summed E-state index contributed by atoms with van der Waals surface area (Å²) in [7, 11) is -7.82. The monoisotopic (exact) mass is 518 g/mol. The quantitative estimate of drug-likeness (QED) is 0.266. The lowest BCUT2D eigenvalue weighted by Gasteiger charge is -2.21. The van der Waals surface area contributed by atoms with E-state index < -0.39 is 36.0 Å². The normalized spacial score (nSPS) is 13.6. The third-order valence-electron chi connectivity index (χ3n) is 6.06. The fourth-order valence-electron chi connectivity index (χ4n) is 4.19. The number of ketones is 1. The molecule has 0 saturated carbocycles. The minimum absolute atomic E-state index is 0.114. The van der Waals surface area contributed by atoms with Gasteiger partial charge in [0, 0.05) is 12.8 Å². The molecule has 0 spiro atoms. The van der Waals surface area contributed by atoms with Crippen LogP contribution in [0.4, 0.5) is 0 Å². The van der Waals surface area contributed by atoms with Crippen molar-refractivity contribution >= 4 is 25.5 Å². The maximum atomic E-state index is 13.6. The SMILES string of the molecule is O=C(CC(c1ccccc1)S(=O)(=O)c1ccccc1)CC(c1ccccc1)S(=O)(=O)c1ccccc1. The molecular formula is C29H26O5S2. The van der Waals surface area contributed by atoms with Gasteiger partial charge in [0.1, 0.15) is 5.78 Å². The van der Waals surface area contributed by atoms with E-state index in [0.717, 1.165) is 0 Å². The van der Waals surface area contributed by atoms with Gasteiger partial charge in [-0.05, 0) is 35.4 Å². The molecule has 0 fully saturated rings. The standard InChI is InChI=1S/C29H26O5S2/c30-25(21-28(23-13-5-1-6-14-23)35(31,32)26-17-9-3-10-18-26)22-29(24-15-7-2-8-16-24)36(33,34)27-19-11-4-12-20-27/h1-20,28-29H,21-22H2. The Labute approximate surface area is 212 Å². The molecule has 5 nitrogen and oxygen atoms in total. The van der Waals surface area contributed by atoms with Crippen LogP contribution in [0.5, 0.6) is 0 Å². The van der Waals surface area contributed by atoms with Crippen LogP contribution in [0.3, 0.4) is 0 Å². The average molecular weight is 519 g/mol. The Morgan fingerprint density at radius 3 is 1.06 bits per heavy atom. The van der Waals surface area contributed by atoms with Crippen LogP contribution in [0.2, 0.25) is 0 Å². The van der Waals surface area contributed by atoms with E-state index in [4.69, 9.17) is 0 Å². The molecule has 0 aliphatic heterocycles. The number of carbonyl (C=O) groups excluding carboxylic acids is 1. The molecule has 0 aliphatic carbocycles. The third-order valence-corrected chi connectivity index (χ3v) is 10.3. The molecule has 0 amide bonds. The van der Waals surface area contributed by atoms with Crippen molar-refractivity contribution in [2.75, 3.05) is 0 Å². The first kappa shape index (κ1) is 25.5. The summed E-state index contributed by atoms with van der Waals surface area (Å²) in [5.41, 5.74) is 0.966. The van der Waals surface area contributed by atoms with Crippen LogP contribution in [0.15, 0.2) is 131 Å². The van der Waals surface area contributed by atoms with Crippen LogP contribution < -0.4 is 0 Å². The van der Waals surface area contributed by atoms with Crippen molar-refractivity contribution in [2.24, 2.45) is 0 Å². The smallest absolute Gasteiger partial charge is 0.185 e. The van der Waals surface area contributed by atoms with Crippen LogP contribution in [0.1, 0.15) is 34.5 Å². The molecule has 36 heavy (non-hydrogen) atoms. The van der Waals surface area contributed by atoms with Crippen molar-refractivity contribution in [3.8, 4) is 0 Å². The van der Waals surface area contributed by atoms with Gasteiger partial charge in [0.05, 0.1) is 20.3 Å². The van der Waals surface area contributed by atoms with Crippen LogP contribution in [-0.4, -0.2) is 22.6 Å². The topological polar surface area (TPSA) is 85.3 Å². The second kappa shape index (κ2) is 11.0. The predicted molar refractivity (Wildman–Crippen MR) is 140 cm³/mol. The van der Waals surface area contributed by atoms with Gasteiger partial charge in [-0.3, -0.25) is 4.79 Å². The highest BCUT2D eigenvalue weighted by molar-refractivity contribution is 7.92. The molecule has 4 rings (SSSR count). The van der Waals surface area contributed by atoms with Gasteiger partial charge < -0.3 is 0 Å². The molecule has 0 aliphatic rings. The van der Waals surface area contributed by atoms with Gasteiger partial charge in [-0.2, -0.15) is 0 Å². The van der Waals surface area contributed by atoms with Crippen molar-refractivity contribution in [1.82, 2.24) is 0 Å². The van der Waals surface area contributed by atoms with Gasteiger partial charge in [0.15, 0.2) is 19.7 Å². The Morgan fingerprint density at radius 1 is 0.472 bits per heavy atom. The largest absolute Gasteiger partial charge is 0.300 e. The Morgan fingerprint density at radius 2 is 0.750 bits per heavy atom. The summed E-state index contributed by atoms with van der Waals surface area (Å²) >= 11 is 0. The first-order valence-corrected chi connectivity index (χ1v) is 14.6. The summed E-state index contributed by atoms with van der Waals surface area (Å²) in [5, 5.41) is -2.27. The minimum Gasteiger partial charge on any atom is -0.300 e. The third kappa shape index (κ3) is 5.64. The lowest BCUT2D eigenvalue weighted by atomic mass is 10.0. The minimum atomic E-state index is -3.91. The van der Waals surface area contributed by atoms with Crippen molar-refractivity contribution < 1.29 is 21.6 Å². The molecule has 4 aromatic carbocycles. The number of benzene rings is 4. The summed E-state index contributed by atoms with van der Waals surface area (Å²) in [4.78, 5) is 13.7. The first-order chi connectivity index (χ1) is 17.3. The zero-order valence-electron chi connectivity index (χ0n) is 19.5. The number of Topliss-reactive ketones (excluding diaryl/α,β-unsaturated/α-hetero) is 1. The number of sulfone groups is 2. The molecule has 0 saturated heterocycles. The zero-order valence-corrected chi connectivity index (χ0v) is 21.1. The Balaban J connectivity index is 1.70. The van der Waals surface area contributed by atoms with Crippen molar-refractivity contribution in [1.29, 1.82) is 0 Å². The summed E-state index contributed by atoms with van der Waals surface area (Å²) in [6, 6.07) is 33.1. The molecule has 0 bridgehead atoms. The van der Waals surface area contributed by atoms with Gasteiger partial charge >= 0.3 is 0 Å². The van der Waals surface area contributed by atoms with E-state index in [0.29, 0.717) is 11.1 Å². The highest BCUT2D eigenvalue weighted by atomic mass is 32.2. The van der Waals surface area contributed by atoms with E-state index in [9.17, 15) is 21.6 Å². The molecule has 0 N–H and O–H groups in total. The van der Waals surface area contributed by atoms with E-state index in [1.807, 2.05) is 0 Å². The van der Waals surface area contributed by atoms with E-state index in [1.54, 1.807) is 97.1 Å². The van der Waals surface area contributed by atoms with Crippen LogP contribution in [-0.2, 0) is 24.5 Å². The van der Waals surface area contributed by atoms with Crippen molar-refractivity contribution in [2.45, 2.75) is 33.1 Å². The van der Waals surface area contributed by atoms with E-state index in [-0.39, 0.29) is 22.6 Å². The van der Waals surface area contributed by atoms with Crippen molar-refractivity contribution in [3.63, 3.8) is 0 Å². The molecule has 4 aromatic rings. The molecule has 0 radical (unpaired) electrons. The fourth-order valence-corrected chi connectivity index (χ4v) is 7.77. The summed E-state index contributed by atoms with van der Waals surface area (Å²) in [5.74, 6) is -0.447. The number of carbonyl (C=O) groups is 1. The van der Waals surface area contributed by atoms with Crippen LogP contribution in [0.25, 0.3) is 0 Å². The first-order valence-electron chi connectivity index (χ1n) is 11.5. The number of hydrogen-bond donors (Lipinski definition) is 0. The van der Waals surface area contributed by atoms with Gasteiger partial charge in [0.25, 0.3) is 0 Å². The van der Waals surface area contributed by atoms with Gasteiger partial charge in [-0.25, -0.2) is 16.8 Å². The second-order valence-electron chi connectivity index (χ2n) is 8.46. The van der Waals surface area contributed by atoms with Gasteiger partial charge in [-0.15, -0.1) is 0 Å². The van der Waals surface area contributed by atoms with Crippen LogP contribution in [0, 0.1) is 0 Å². The molecule has 7 heteroatoms. The maximum absolute atomic E-state index is 13.6. The second-order valence-corrected chi connectivity index (χ2v) is 12.7. The summed E-state index contributed by atoms with van der Waals surface area (Å²) in [6.07, 6.45) is -0.677. The molecule has 2 unspecified atom stereocenters. The lowest BCUT2D eigenvalue weighted by Crippen LogP contribution is -2.22. The van der Waals surface area contributed by atoms with Gasteiger partial charge in [0.2, 0.25) is 0 Å². The highest BCUT2D eigenvalue weighted by Crippen LogP contribution is 2.36. The van der Waals surface area contributed by atoms with Gasteiger partial charge in [-0.1, -0.05) is 97.1 Å². The average Bonchev–Trinajstić information content (AvgIpc) is 2.92.